The Bertz CT molecular complexity index is 3040. The van der Waals surface area contributed by atoms with Gasteiger partial charge in [-0.05, 0) is 127 Å². The molecule has 0 saturated carbocycles. The maximum Gasteiger partial charge on any atom is 0.0715 e. The van der Waals surface area contributed by atoms with E-state index in [9.17, 15) is 0 Å². The van der Waals surface area contributed by atoms with Gasteiger partial charge in [0.1, 0.15) is 0 Å². The molecule has 0 amide bonds. The number of pyridine rings is 1. The van der Waals surface area contributed by atoms with Gasteiger partial charge in [-0.2, -0.15) is 0 Å². The predicted octanol–water partition coefficient (Wildman–Crippen LogP) is 15.0. The van der Waals surface area contributed by atoms with Gasteiger partial charge in [0.25, 0.3) is 0 Å². The van der Waals surface area contributed by atoms with Gasteiger partial charge in [-0.3, -0.25) is 0 Å². The first-order valence-corrected chi connectivity index (χ1v) is 19.1. The molecule has 0 aliphatic rings. The molecule has 0 N–H and O–H groups in total. The monoisotopic (exact) mass is 701 g/mol. The molecule has 9 aromatic carbocycles. The van der Waals surface area contributed by atoms with Crippen LogP contribution in [0, 0.1) is 20.8 Å². The molecule has 10 rings (SSSR count). The smallest absolute Gasteiger partial charge is 0.0715 e. The van der Waals surface area contributed by atoms with Crippen LogP contribution in [0.4, 0.5) is 0 Å². The Morgan fingerprint density at radius 2 is 0.782 bits per heavy atom. The third kappa shape index (κ3) is 5.51. The van der Waals surface area contributed by atoms with Crippen LogP contribution in [0.2, 0.25) is 0 Å². The van der Waals surface area contributed by atoms with Gasteiger partial charge in [-0.15, -0.1) is 0 Å². The van der Waals surface area contributed by atoms with Gasteiger partial charge in [0.2, 0.25) is 0 Å². The second-order valence-electron chi connectivity index (χ2n) is 14.8. The Hall–Kier alpha value is -6.83. The van der Waals surface area contributed by atoms with Crippen LogP contribution < -0.4 is 0 Å². The van der Waals surface area contributed by atoms with Crippen LogP contribution in [0.25, 0.3) is 99.0 Å². The van der Waals surface area contributed by atoms with E-state index in [0.29, 0.717) is 0 Å². The van der Waals surface area contributed by atoms with Crippen molar-refractivity contribution in [1.82, 2.24) is 4.98 Å². The summed E-state index contributed by atoms with van der Waals surface area (Å²) in [6.07, 6.45) is 0. The molecular weight excluding hydrogens is 663 g/mol. The molecule has 10 aromatic rings. The summed E-state index contributed by atoms with van der Waals surface area (Å²) >= 11 is 0. The largest absolute Gasteiger partial charge is 0.248 e. The van der Waals surface area contributed by atoms with Crippen molar-refractivity contribution in [2.45, 2.75) is 20.8 Å². The third-order valence-electron chi connectivity index (χ3n) is 11.3. The normalized spacial score (nSPS) is 11.5. The lowest BCUT2D eigenvalue weighted by atomic mass is 9.83. The summed E-state index contributed by atoms with van der Waals surface area (Å²) in [5, 5.41) is 9.95. The zero-order chi connectivity index (χ0) is 37.0. The van der Waals surface area contributed by atoms with Crippen molar-refractivity contribution in [1.29, 1.82) is 0 Å². The molecule has 1 heteroatoms. The van der Waals surface area contributed by atoms with Gasteiger partial charge in [0.05, 0.1) is 11.4 Å². The van der Waals surface area contributed by atoms with Gasteiger partial charge < -0.3 is 0 Å². The number of hydrogen-bond acceptors (Lipinski definition) is 1. The number of nitrogens with zero attached hydrogens (tertiary/aromatic N) is 1. The van der Waals surface area contributed by atoms with Gasteiger partial charge in [0, 0.05) is 11.1 Å². The molecule has 0 saturated heterocycles. The number of aryl methyl sites for hydroxylation is 3. The fourth-order valence-corrected chi connectivity index (χ4v) is 9.10. The predicted molar refractivity (Wildman–Crippen MR) is 236 cm³/mol. The molecule has 0 atom stereocenters. The van der Waals surface area contributed by atoms with E-state index in [1.165, 1.54) is 93.2 Å². The van der Waals surface area contributed by atoms with E-state index < -0.39 is 0 Å². The summed E-state index contributed by atoms with van der Waals surface area (Å²) in [6, 6.07) is 66.5. The Kier molecular flexibility index (Phi) is 7.89. The average molecular weight is 702 g/mol. The lowest BCUT2D eigenvalue weighted by molar-refractivity contribution is 1.32. The summed E-state index contributed by atoms with van der Waals surface area (Å²) in [7, 11) is 0. The van der Waals surface area contributed by atoms with Crippen molar-refractivity contribution in [3.8, 4) is 55.9 Å². The molecule has 260 valence electrons. The molecule has 55 heavy (non-hydrogen) atoms. The maximum atomic E-state index is 5.25. The number of rotatable bonds is 5. The van der Waals surface area contributed by atoms with Crippen molar-refractivity contribution in [2.75, 3.05) is 0 Å². The van der Waals surface area contributed by atoms with Crippen LogP contribution in [-0.2, 0) is 0 Å². The average Bonchev–Trinajstić information content (AvgIpc) is 3.22. The van der Waals surface area contributed by atoms with Crippen LogP contribution in [0.5, 0.6) is 0 Å². The number of fused-ring (bicyclic) bond motifs is 4. The first kappa shape index (κ1) is 32.8. The zero-order valence-electron chi connectivity index (χ0n) is 31.3. The summed E-state index contributed by atoms with van der Waals surface area (Å²) < 4.78 is 0. The number of hydrogen-bond donors (Lipinski definition) is 0. The fraction of sp³-hybridized carbons (Fsp3) is 0.0556. The molecule has 0 unspecified atom stereocenters. The molecule has 1 heterocycles. The Labute approximate surface area is 322 Å². The maximum absolute atomic E-state index is 5.25. The minimum absolute atomic E-state index is 0.961. The molecule has 0 spiro atoms. The van der Waals surface area contributed by atoms with Crippen LogP contribution in [0.3, 0.4) is 0 Å². The van der Waals surface area contributed by atoms with Crippen LogP contribution >= 0.6 is 0 Å². The second kappa shape index (κ2) is 13.2. The molecule has 1 nitrogen and oxygen atoms in total. The highest BCUT2D eigenvalue weighted by Gasteiger charge is 2.20. The van der Waals surface area contributed by atoms with E-state index in [2.05, 4.69) is 203 Å². The molecule has 0 fully saturated rings. The standard InChI is InChI=1S/C54H39N/c1-34-31-35(2)52(36(3)32-34)48-29-30-49(42-21-7-6-20-41(42)48)54-46-24-10-8-22-44(46)53(45-23-9-11-25-47(45)54)39-18-12-17-38(33-39)50-27-14-28-51(55-50)43-26-13-16-37-15-4-5-19-40(37)43/h4-33H,1-3H3. The summed E-state index contributed by atoms with van der Waals surface area (Å²) in [6.45, 7) is 6.66. The van der Waals surface area contributed by atoms with Crippen molar-refractivity contribution >= 4 is 43.1 Å². The van der Waals surface area contributed by atoms with E-state index in [1.54, 1.807) is 0 Å². The van der Waals surface area contributed by atoms with Gasteiger partial charge in [0.15, 0.2) is 0 Å². The minimum Gasteiger partial charge on any atom is -0.248 e. The molecule has 0 aliphatic carbocycles. The second-order valence-corrected chi connectivity index (χ2v) is 14.8. The first-order chi connectivity index (χ1) is 27.0. The van der Waals surface area contributed by atoms with E-state index in [1.807, 2.05) is 0 Å². The fourth-order valence-electron chi connectivity index (χ4n) is 9.10. The molecule has 1 aromatic heterocycles. The Balaban J connectivity index is 1.17. The lowest BCUT2D eigenvalue weighted by Gasteiger charge is -2.20. The van der Waals surface area contributed by atoms with Crippen molar-refractivity contribution in [2.24, 2.45) is 0 Å². The van der Waals surface area contributed by atoms with Gasteiger partial charge in [-0.1, -0.05) is 169 Å². The van der Waals surface area contributed by atoms with Gasteiger partial charge >= 0.3 is 0 Å². The number of aromatic nitrogens is 1. The third-order valence-corrected chi connectivity index (χ3v) is 11.3. The molecular formula is C54H39N. The lowest BCUT2D eigenvalue weighted by Crippen LogP contribution is -1.94. The highest BCUT2D eigenvalue weighted by Crippen LogP contribution is 2.47. The Morgan fingerprint density at radius 3 is 1.44 bits per heavy atom. The van der Waals surface area contributed by atoms with Crippen molar-refractivity contribution in [3.05, 3.63) is 199 Å². The molecule has 0 aliphatic heterocycles. The number of benzene rings is 9. The summed E-state index contributed by atoms with van der Waals surface area (Å²) in [4.78, 5) is 5.25. The zero-order valence-corrected chi connectivity index (χ0v) is 31.3. The van der Waals surface area contributed by atoms with E-state index in [-0.39, 0.29) is 0 Å². The van der Waals surface area contributed by atoms with Crippen LogP contribution in [-0.4, -0.2) is 4.98 Å². The molecule has 0 bridgehead atoms. The minimum atomic E-state index is 0.961. The van der Waals surface area contributed by atoms with Crippen LogP contribution in [0.1, 0.15) is 16.7 Å². The van der Waals surface area contributed by atoms with E-state index in [0.717, 1.165) is 22.5 Å². The van der Waals surface area contributed by atoms with Crippen molar-refractivity contribution < 1.29 is 0 Å². The van der Waals surface area contributed by atoms with Gasteiger partial charge in [-0.25, -0.2) is 4.98 Å². The van der Waals surface area contributed by atoms with E-state index >= 15 is 0 Å². The summed E-state index contributed by atoms with van der Waals surface area (Å²) in [5.41, 5.74) is 15.7. The first-order valence-electron chi connectivity index (χ1n) is 19.1. The summed E-state index contributed by atoms with van der Waals surface area (Å²) in [5.74, 6) is 0. The highest BCUT2D eigenvalue weighted by molar-refractivity contribution is 6.24. The highest BCUT2D eigenvalue weighted by atomic mass is 14.7. The Morgan fingerprint density at radius 1 is 0.309 bits per heavy atom. The van der Waals surface area contributed by atoms with Crippen molar-refractivity contribution in [3.63, 3.8) is 0 Å². The SMILES string of the molecule is Cc1cc(C)c(-c2ccc(-c3c4ccccc4c(-c4cccc(-c5cccc(-c6cccc7ccccc67)n5)c4)c4ccccc34)c3ccccc23)c(C)c1. The van der Waals surface area contributed by atoms with Crippen LogP contribution in [0.15, 0.2) is 182 Å². The van der Waals surface area contributed by atoms with E-state index in [4.69, 9.17) is 4.98 Å². The molecule has 0 radical (unpaired) electrons. The quantitative estimate of drug-likeness (QED) is 0.163. The topological polar surface area (TPSA) is 12.9 Å².